The molecule has 0 aromatic carbocycles. The molecule has 11 heavy (non-hydrogen) atoms. The van der Waals surface area contributed by atoms with Crippen LogP contribution in [-0.4, -0.2) is 4.98 Å². The van der Waals surface area contributed by atoms with Gasteiger partial charge in [0.2, 0.25) is 0 Å². The number of hydrogen-bond acceptors (Lipinski definition) is 3. The van der Waals surface area contributed by atoms with Gasteiger partial charge in [0.25, 0.3) is 0 Å². The number of thiocyanates is 1. The minimum absolute atomic E-state index is 0.331. The van der Waals surface area contributed by atoms with Crippen molar-refractivity contribution in [3.8, 4) is 5.40 Å². The van der Waals surface area contributed by atoms with E-state index in [0.29, 0.717) is 15.1 Å². The lowest BCUT2D eigenvalue weighted by atomic mass is 10.5. The van der Waals surface area contributed by atoms with E-state index >= 15 is 0 Å². The number of nitriles is 1. The summed E-state index contributed by atoms with van der Waals surface area (Å²) in [6.45, 7) is 0. The highest BCUT2D eigenvalue weighted by molar-refractivity contribution is 8.03. The van der Waals surface area contributed by atoms with Crippen molar-refractivity contribution >= 4 is 35.0 Å². The summed E-state index contributed by atoms with van der Waals surface area (Å²) in [6.07, 6.45) is 1.47. The number of nitrogens with zero attached hydrogens (tertiary/aromatic N) is 2. The van der Waals surface area contributed by atoms with E-state index in [1.807, 2.05) is 5.40 Å². The molecule has 0 bridgehead atoms. The Balaban J connectivity index is 3.01. The molecule has 1 aromatic rings. The van der Waals surface area contributed by atoms with Gasteiger partial charge >= 0.3 is 0 Å². The molecule has 0 aliphatic heterocycles. The van der Waals surface area contributed by atoms with Gasteiger partial charge in [0.15, 0.2) is 0 Å². The van der Waals surface area contributed by atoms with Crippen molar-refractivity contribution in [3.05, 3.63) is 22.4 Å². The third-order valence-corrected chi connectivity index (χ3v) is 2.21. The summed E-state index contributed by atoms with van der Waals surface area (Å²) in [7, 11) is 0. The first kappa shape index (κ1) is 8.66. The van der Waals surface area contributed by atoms with Crippen molar-refractivity contribution in [2.75, 3.05) is 0 Å². The SMILES string of the molecule is N#CSc1cnc(Cl)cc1Cl. The van der Waals surface area contributed by atoms with Crippen molar-refractivity contribution in [2.45, 2.75) is 4.90 Å². The molecule has 5 heteroatoms. The van der Waals surface area contributed by atoms with Gasteiger partial charge in [-0.25, -0.2) is 4.98 Å². The highest BCUT2D eigenvalue weighted by Gasteiger charge is 2.01. The van der Waals surface area contributed by atoms with Gasteiger partial charge in [-0.2, -0.15) is 5.26 Å². The van der Waals surface area contributed by atoms with E-state index in [9.17, 15) is 0 Å². The maximum atomic E-state index is 8.31. The van der Waals surface area contributed by atoms with Gasteiger partial charge in [-0.15, -0.1) is 0 Å². The zero-order valence-corrected chi connectivity index (χ0v) is 7.54. The molecule has 2 nitrogen and oxygen atoms in total. The average molecular weight is 205 g/mol. The van der Waals surface area contributed by atoms with Crippen molar-refractivity contribution in [2.24, 2.45) is 0 Å². The second kappa shape index (κ2) is 3.82. The van der Waals surface area contributed by atoms with Crippen LogP contribution in [0.2, 0.25) is 10.2 Å². The molecular formula is C6H2Cl2N2S. The molecule has 56 valence electrons. The molecule has 0 aliphatic rings. The van der Waals surface area contributed by atoms with Crippen LogP contribution in [0.3, 0.4) is 0 Å². The summed E-state index contributed by atoms with van der Waals surface area (Å²) in [5, 5.41) is 11.0. The Labute approximate surface area is 78.1 Å². The fourth-order valence-corrected chi connectivity index (χ4v) is 1.36. The largest absolute Gasteiger partial charge is 0.243 e. The Kier molecular flexibility index (Phi) is 3.01. The van der Waals surface area contributed by atoms with E-state index in [1.165, 1.54) is 12.3 Å². The first-order chi connectivity index (χ1) is 5.24. The normalized spacial score (nSPS) is 9.18. The number of halogens is 2. The second-order valence-corrected chi connectivity index (χ2v) is 3.25. The zero-order valence-electron chi connectivity index (χ0n) is 5.21. The van der Waals surface area contributed by atoms with Crippen LogP contribution in [0.5, 0.6) is 0 Å². The minimum Gasteiger partial charge on any atom is -0.243 e. The molecule has 1 aromatic heterocycles. The van der Waals surface area contributed by atoms with Crippen molar-refractivity contribution < 1.29 is 0 Å². The quantitative estimate of drug-likeness (QED) is 0.401. The maximum absolute atomic E-state index is 8.31. The minimum atomic E-state index is 0.331. The number of pyridine rings is 1. The van der Waals surface area contributed by atoms with Gasteiger partial charge in [-0.05, 0) is 17.8 Å². The Morgan fingerprint density at radius 2 is 2.27 bits per heavy atom. The van der Waals surface area contributed by atoms with Crippen molar-refractivity contribution in [1.82, 2.24) is 4.98 Å². The van der Waals surface area contributed by atoms with E-state index in [4.69, 9.17) is 28.5 Å². The molecule has 0 fully saturated rings. The third kappa shape index (κ3) is 2.26. The van der Waals surface area contributed by atoms with Crippen LogP contribution in [0.4, 0.5) is 0 Å². The topological polar surface area (TPSA) is 36.7 Å². The summed E-state index contributed by atoms with van der Waals surface area (Å²) in [4.78, 5) is 4.39. The lowest BCUT2D eigenvalue weighted by Crippen LogP contribution is -1.77. The smallest absolute Gasteiger partial charge is 0.138 e. The average Bonchev–Trinajstić information content (AvgIpc) is 1.95. The van der Waals surface area contributed by atoms with Gasteiger partial charge in [0.1, 0.15) is 10.6 Å². The fraction of sp³-hybridized carbons (Fsp3) is 0. The Bertz CT molecular complexity index is 308. The van der Waals surface area contributed by atoms with E-state index in [0.717, 1.165) is 11.8 Å². The first-order valence-electron chi connectivity index (χ1n) is 2.61. The molecule has 0 aliphatic carbocycles. The molecule has 1 heterocycles. The monoisotopic (exact) mass is 204 g/mol. The molecule has 0 spiro atoms. The van der Waals surface area contributed by atoms with Crippen molar-refractivity contribution in [1.29, 1.82) is 5.26 Å². The number of thioether (sulfide) groups is 1. The van der Waals surface area contributed by atoms with Crippen LogP contribution >= 0.6 is 35.0 Å². The lowest BCUT2D eigenvalue weighted by molar-refractivity contribution is 1.24. The predicted octanol–water partition coefficient (Wildman–Crippen LogP) is 2.96. The molecular weight excluding hydrogens is 203 g/mol. The standard InChI is InChI=1S/C6H2Cl2N2S/c7-4-1-6(8)10-2-5(4)11-3-9/h1-2H. The zero-order chi connectivity index (χ0) is 8.27. The van der Waals surface area contributed by atoms with Crippen LogP contribution in [-0.2, 0) is 0 Å². The third-order valence-electron chi connectivity index (χ3n) is 0.942. The van der Waals surface area contributed by atoms with E-state index in [1.54, 1.807) is 0 Å². The molecule has 0 amide bonds. The van der Waals surface area contributed by atoms with Crippen molar-refractivity contribution in [3.63, 3.8) is 0 Å². The highest BCUT2D eigenvalue weighted by Crippen LogP contribution is 2.26. The second-order valence-electron chi connectivity index (χ2n) is 1.63. The Morgan fingerprint density at radius 1 is 1.55 bits per heavy atom. The molecule has 0 saturated heterocycles. The molecule has 0 unspecified atom stereocenters. The molecule has 0 atom stereocenters. The van der Waals surface area contributed by atoms with Crippen LogP contribution < -0.4 is 0 Å². The van der Waals surface area contributed by atoms with E-state index in [-0.39, 0.29) is 0 Å². The predicted molar refractivity (Wildman–Crippen MR) is 45.7 cm³/mol. The van der Waals surface area contributed by atoms with Crippen LogP contribution in [0.1, 0.15) is 0 Å². The first-order valence-corrected chi connectivity index (χ1v) is 4.18. The number of hydrogen-bond donors (Lipinski definition) is 0. The summed E-state index contributed by atoms with van der Waals surface area (Å²) >= 11 is 12.2. The van der Waals surface area contributed by atoms with Crippen LogP contribution in [0.15, 0.2) is 17.2 Å². The molecule has 0 saturated carbocycles. The van der Waals surface area contributed by atoms with Gasteiger partial charge in [-0.3, -0.25) is 0 Å². The molecule has 1 rings (SSSR count). The molecule has 0 N–H and O–H groups in total. The summed E-state index contributed by atoms with van der Waals surface area (Å²) in [5.41, 5.74) is 0. The summed E-state index contributed by atoms with van der Waals surface area (Å²) in [5.74, 6) is 0. The van der Waals surface area contributed by atoms with Gasteiger partial charge in [-0.1, -0.05) is 23.2 Å². The highest BCUT2D eigenvalue weighted by atomic mass is 35.5. The fourth-order valence-electron chi connectivity index (χ4n) is 0.519. The summed E-state index contributed by atoms with van der Waals surface area (Å²) < 4.78 is 0. The van der Waals surface area contributed by atoms with Gasteiger partial charge < -0.3 is 0 Å². The Morgan fingerprint density at radius 3 is 2.82 bits per heavy atom. The Hall–Kier alpha value is -0.430. The number of rotatable bonds is 1. The van der Waals surface area contributed by atoms with E-state index in [2.05, 4.69) is 4.98 Å². The molecule has 0 radical (unpaired) electrons. The lowest BCUT2D eigenvalue weighted by Gasteiger charge is -1.95. The van der Waals surface area contributed by atoms with Gasteiger partial charge in [0, 0.05) is 6.20 Å². The van der Waals surface area contributed by atoms with Crippen LogP contribution in [0.25, 0.3) is 0 Å². The van der Waals surface area contributed by atoms with Gasteiger partial charge in [0.05, 0.1) is 9.92 Å². The number of aromatic nitrogens is 1. The summed E-state index contributed by atoms with van der Waals surface area (Å²) in [6, 6.07) is 1.50. The van der Waals surface area contributed by atoms with Crippen LogP contribution in [0, 0.1) is 10.7 Å². The maximum Gasteiger partial charge on any atom is 0.138 e. The van der Waals surface area contributed by atoms with E-state index < -0.39 is 0 Å².